The second-order valence-electron chi connectivity index (χ2n) is 4.83. The maximum absolute atomic E-state index is 9.49. The van der Waals surface area contributed by atoms with E-state index in [9.17, 15) is 5.73 Å². The summed E-state index contributed by atoms with van der Waals surface area (Å²) in [7, 11) is 0. The van der Waals surface area contributed by atoms with Crippen molar-refractivity contribution in [1.29, 1.82) is 0 Å². The van der Waals surface area contributed by atoms with Crippen LogP contribution in [0.4, 0.5) is 5.00 Å². The fourth-order valence-electron chi connectivity index (χ4n) is 2.14. The molecule has 2 radical (unpaired) electrons. The maximum Gasteiger partial charge on any atom is 0.142 e. The first kappa shape index (κ1) is 14.6. The van der Waals surface area contributed by atoms with Crippen molar-refractivity contribution in [2.24, 2.45) is 0 Å². The highest BCUT2D eigenvalue weighted by atomic mass is 32.1. The van der Waals surface area contributed by atoms with Crippen LogP contribution in [0.1, 0.15) is 70.3 Å². The van der Waals surface area contributed by atoms with Crippen molar-refractivity contribution in [3.8, 4) is 0 Å². The van der Waals surface area contributed by atoms with E-state index < -0.39 is 0 Å². The van der Waals surface area contributed by atoms with Crippen molar-refractivity contribution in [2.75, 3.05) is 0 Å². The van der Waals surface area contributed by atoms with Crippen LogP contribution in [0.25, 0.3) is 0 Å². The SMILES string of the molecule is CCCCCCCCCCCc1ccsc1[N]. The molecule has 0 saturated heterocycles. The van der Waals surface area contributed by atoms with Crippen LogP contribution in [-0.2, 0) is 6.42 Å². The smallest absolute Gasteiger partial charge is 0.138 e. The number of hydrogen-bond donors (Lipinski definition) is 0. The summed E-state index contributed by atoms with van der Waals surface area (Å²) in [5.74, 6) is 0. The lowest BCUT2D eigenvalue weighted by molar-refractivity contribution is 0.565. The number of aryl methyl sites for hydroxylation is 1. The number of unbranched alkanes of at least 4 members (excludes halogenated alkanes) is 8. The summed E-state index contributed by atoms with van der Waals surface area (Å²) in [6.45, 7) is 2.26. The molecule has 0 aliphatic heterocycles. The van der Waals surface area contributed by atoms with E-state index in [2.05, 4.69) is 6.92 Å². The fourth-order valence-corrected chi connectivity index (χ4v) is 2.83. The van der Waals surface area contributed by atoms with Gasteiger partial charge in [0, 0.05) is 0 Å². The van der Waals surface area contributed by atoms with Gasteiger partial charge in [0.1, 0.15) is 5.00 Å². The molecule has 1 aromatic heterocycles. The second-order valence-corrected chi connectivity index (χ2v) is 5.72. The van der Waals surface area contributed by atoms with Gasteiger partial charge in [0.25, 0.3) is 0 Å². The second kappa shape index (κ2) is 9.52. The molecule has 0 fully saturated rings. The van der Waals surface area contributed by atoms with E-state index in [-0.39, 0.29) is 0 Å². The summed E-state index contributed by atoms with van der Waals surface area (Å²) in [6, 6.07) is 2.05. The molecule has 0 saturated carbocycles. The largest absolute Gasteiger partial charge is 0.142 e. The molecule has 1 rings (SSSR count). The molecule has 1 aromatic rings. The Hall–Kier alpha value is -0.500. The minimum Gasteiger partial charge on any atom is -0.138 e. The highest BCUT2D eigenvalue weighted by molar-refractivity contribution is 7.13. The average molecular weight is 251 g/mol. The monoisotopic (exact) mass is 251 g/mol. The first-order chi connectivity index (χ1) is 8.34. The first-order valence-corrected chi connectivity index (χ1v) is 7.98. The number of hydrogen-bond acceptors (Lipinski definition) is 1. The standard InChI is InChI=1S/C15H25NS/c1-2-3-4-5-6-7-8-9-10-11-14-12-13-17-15(14)16/h12-13H,2-11H2,1H3. The molecule has 1 heterocycles. The van der Waals surface area contributed by atoms with Gasteiger partial charge in [0.05, 0.1) is 0 Å². The van der Waals surface area contributed by atoms with Crippen LogP contribution in [0.15, 0.2) is 11.4 Å². The van der Waals surface area contributed by atoms with Crippen LogP contribution < -0.4 is 5.73 Å². The molecule has 0 bridgehead atoms. The van der Waals surface area contributed by atoms with Crippen LogP contribution in [0.5, 0.6) is 0 Å². The van der Waals surface area contributed by atoms with Gasteiger partial charge in [-0.15, -0.1) is 17.1 Å². The fraction of sp³-hybridized carbons (Fsp3) is 0.733. The molecular formula is C15H25NS. The molecule has 0 atom stereocenters. The molecule has 0 N–H and O–H groups in total. The highest BCUT2D eigenvalue weighted by Gasteiger charge is 2.01. The summed E-state index contributed by atoms with van der Waals surface area (Å²) >= 11 is 1.44. The van der Waals surface area contributed by atoms with Gasteiger partial charge in [0.15, 0.2) is 0 Å². The van der Waals surface area contributed by atoms with Crippen molar-refractivity contribution < 1.29 is 0 Å². The predicted molar refractivity (Wildman–Crippen MR) is 77.0 cm³/mol. The van der Waals surface area contributed by atoms with E-state index in [4.69, 9.17) is 0 Å². The molecule has 0 spiro atoms. The zero-order valence-corrected chi connectivity index (χ0v) is 11.9. The van der Waals surface area contributed by atoms with E-state index >= 15 is 0 Å². The Balaban J connectivity index is 1.86. The van der Waals surface area contributed by atoms with Crippen LogP contribution in [0, 0.1) is 0 Å². The molecule has 17 heavy (non-hydrogen) atoms. The van der Waals surface area contributed by atoms with Crippen molar-refractivity contribution >= 4 is 16.3 Å². The number of thiophene rings is 1. The number of nitrogens with zero attached hydrogens (tertiary/aromatic N) is 1. The quantitative estimate of drug-likeness (QED) is 0.488. The van der Waals surface area contributed by atoms with Gasteiger partial charge in [-0.1, -0.05) is 58.3 Å². The van der Waals surface area contributed by atoms with Gasteiger partial charge in [-0.05, 0) is 29.9 Å². The Labute approximate surface area is 110 Å². The summed E-state index contributed by atoms with van der Waals surface area (Å²) < 4.78 is 0. The van der Waals surface area contributed by atoms with E-state index in [1.165, 1.54) is 69.1 Å². The Morgan fingerprint density at radius 2 is 1.53 bits per heavy atom. The lowest BCUT2D eigenvalue weighted by Gasteiger charge is -2.01. The first-order valence-electron chi connectivity index (χ1n) is 7.10. The number of rotatable bonds is 10. The minimum absolute atomic E-state index is 0.518. The third-order valence-electron chi connectivity index (χ3n) is 3.27. The van der Waals surface area contributed by atoms with Crippen molar-refractivity contribution in [3.05, 3.63) is 17.0 Å². The zero-order chi connectivity index (χ0) is 12.3. The summed E-state index contributed by atoms with van der Waals surface area (Å²) in [5.41, 5.74) is 10.6. The summed E-state index contributed by atoms with van der Waals surface area (Å²) in [4.78, 5) is 0. The average Bonchev–Trinajstić information content (AvgIpc) is 2.73. The molecule has 1 nitrogen and oxygen atoms in total. The van der Waals surface area contributed by atoms with Crippen molar-refractivity contribution in [3.63, 3.8) is 0 Å². The summed E-state index contributed by atoms with van der Waals surface area (Å²) in [5, 5.41) is 2.49. The third-order valence-corrected chi connectivity index (χ3v) is 4.03. The molecule has 0 aliphatic rings. The van der Waals surface area contributed by atoms with Crippen LogP contribution in [-0.4, -0.2) is 0 Å². The highest BCUT2D eigenvalue weighted by Crippen LogP contribution is 2.22. The molecule has 96 valence electrons. The Morgan fingerprint density at radius 3 is 2.06 bits per heavy atom. The summed E-state index contributed by atoms with van der Waals surface area (Å²) in [6.07, 6.45) is 13.3. The van der Waals surface area contributed by atoms with Crippen LogP contribution >= 0.6 is 11.3 Å². The van der Waals surface area contributed by atoms with Gasteiger partial charge in [-0.3, -0.25) is 0 Å². The van der Waals surface area contributed by atoms with Gasteiger partial charge in [-0.25, -0.2) is 0 Å². The molecule has 0 aliphatic carbocycles. The van der Waals surface area contributed by atoms with Crippen molar-refractivity contribution in [2.45, 2.75) is 71.1 Å². The topological polar surface area (TPSA) is 22.3 Å². The van der Waals surface area contributed by atoms with Gasteiger partial charge < -0.3 is 0 Å². The Morgan fingerprint density at radius 1 is 0.941 bits per heavy atom. The molecular weight excluding hydrogens is 226 g/mol. The van der Waals surface area contributed by atoms with Gasteiger partial charge >= 0.3 is 0 Å². The predicted octanol–water partition coefficient (Wildman–Crippen LogP) is 5.52. The van der Waals surface area contributed by atoms with Crippen LogP contribution in [0.2, 0.25) is 0 Å². The molecule has 0 unspecified atom stereocenters. The Kier molecular flexibility index (Phi) is 8.16. The minimum atomic E-state index is 0.518. The molecule has 0 amide bonds. The Bertz CT molecular complexity index is 280. The van der Waals surface area contributed by atoms with E-state index in [0.717, 1.165) is 12.0 Å². The van der Waals surface area contributed by atoms with E-state index in [0.29, 0.717) is 5.00 Å². The third kappa shape index (κ3) is 6.72. The maximum atomic E-state index is 9.49. The lowest BCUT2D eigenvalue weighted by Crippen LogP contribution is -1.85. The van der Waals surface area contributed by atoms with Gasteiger partial charge in [-0.2, -0.15) is 0 Å². The van der Waals surface area contributed by atoms with Crippen LogP contribution in [0.3, 0.4) is 0 Å². The zero-order valence-electron chi connectivity index (χ0n) is 11.1. The normalized spacial score (nSPS) is 10.9. The lowest BCUT2D eigenvalue weighted by atomic mass is 10.0. The van der Waals surface area contributed by atoms with Crippen molar-refractivity contribution in [1.82, 2.24) is 5.73 Å². The van der Waals surface area contributed by atoms with E-state index in [1.54, 1.807) is 0 Å². The molecule has 2 heteroatoms. The molecule has 0 aromatic carbocycles. The van der Waals surface area contributed by atoms with E-state index in [1.807, 2.05) is 11.4 Å². The van der Waals surface area contributed by atoms with Gasteiger partial charge in [0.2, 0.25) is 0 Å².